The molecule has 2 heteroatoms. The molecule has 0 saturated heterocycles. The molecule has 34 heavy (non-hydrogen) atoms. The van der Waals surface area contributed by atoms with E-state index >= 15 is 0 Å². The van der Waals surface area contributed by atoms with Gasteiger partial charge in [0, 0.05) is 23.0 Å². The van der Waals surface area contributed by atoms with Crippen LogP contribution in [0.15, 0.2) is 92.0 Å². The van der Waals surface area contributed by atoms with Gasteiger partial charge < -0.3 is 9.30 Å². The molecule has 3 aromatic carbocycles. The molecule has 0 radical (unpaired) electrons. The summed E-state index contributed by atoms with van der Waals surface area (Å²) < 4.78 is 8.58. The summed E-state index contributed by atoms with van der Waals surface area (Å²) >= 11 is 0. The van der Waals surface area contributed by atoms with E-state index in [0.29, 0.717) is 12.5 Å². The average Bonchev–Trinajstić information content (AvgIpc) is 3.22. The molecule has 1 heterocycles. The SMILES string of the molecule is C=CCn1c(-c2ccc(OCc3ccccc3)cc2C=C)c(C2CCCCC2)c2ccccc21. The summed E-state index contributed by atoms with van der Waals surface area (Å²) in [6.07, 6.45) is 10.5. The van der Waals surface area contributed by atoms with Gasteiger partial charge in [-0.2, -0.15) is 0 Å². The molecule has 0 atom stereocenters. The molecular weight excluding hydrogens is 414 g/mol. The molecule has 0 N–H and O–H groups in total. The van der Waals surface area contributed by atoms with Gasteiger partial charge >= 0.3 is 0 Å². The molecular formula is C32H33NO. The van der Waals surface area contributed by atoms with Crippen LogP contribution in [0.2, 0.25) is 0 Å². The standard InChI is InChI=1S/C32H33NO/c1-3-21-33-30-18-12-11-17-29(30)31(26-15-9-6-10-16-26)32(33)28-20-19-27(22-25(28)4-2)34-23-24-13-7-5-8-14-24/h3-5,7-8,11-14,17-20,22,26H,1-2,6,9-10,15-16,21,23H2. The van der Waals surface area contributed by atoms with Gasteiger partial charge in [-0.05, 0) is 59.7 Å². The Labute approximate surface area is 203 Å². The Bertz CT molecular complexity index is 1290. The van der Waals surface area contributed by atoms with Crippen molar-refractivity contribution in [2.24, 2.45) is 0 Å². The summed E-state index contributed by atoms with van der Waals surface area (Å²) in [5, 5.41) is 1.38. The molecule has 1 saturated carbocycles. The lowest BCUT2D eigenvalue weighted by Gasteiger charge is -2.24. The number of ether oxygens (including phenoxy) is 1. The summed E-state index contributed by atoms with van der Waals surface area (Å²) in [6.45, 7) is 9.57. The highest BCUT2D eigenvalue weighted by atomic mass is 16.5. The maximum atomic E-state index is 6.14. The smallest absolute Gasteiger partial charge is 0.120 e. The number of hydrogen-bond acceptors (Lipinski definition) is 1. The third-order valence-electron chi connectivity index (χ3n) is 7.08. The first-order valence-electron chi connectivity index (χ1n) is 12.5. The molecule has 0 unspecified atom stereocenters. The fourth-order valence-corrected chi connectivity index (χ4v) is 5.50. The summed E-state index contributed by atoms with van der Waals surface area (Å²) in [5.74, 6) is 1.46. The first kappa shape index (κ1) is 22.3. The molecule has 172 valence electrons. The Morgan fingerprint density at radius 1 is 0.882 bits per heavy atom. The summed E-state index contributed by atoms with van der Waals surface area (Å²) in [5.41, 5.74) is 7.60. The first-order valence-corrected chi connectivity index (χ1v) is 12.5. The zero-order valence-corrected chi connectivity index (χ0v) is 19.9. The topological polar surface area (TPSA) is 14.2 Å². The number of nitrogens with zero attached hydrogens (tertiary/aromatic N) is 1. The second-order valence-electron chi connectivity index (χ2n) is 9.24. The zero-order chi connectivity index (χ0) is 23.3. The highest BCUT2D eigenvalue weighted by molar-refractivity contribution is 5.94. The molecule has 2 nitrogen and oxygen atoms in total. The number of para-hydroxylation sites is 1. The maximum Gasteiger partial charge on any atom is 0.120 e. The highest BCUT2D eigenvalue weighted by Gasteiger charge is 2.26. The summed E-state index contributed by atoms with van der Waals surface area (Å²) in [6, 6.07) is 25.6. The fourth-order valence-electron chi connectivity index (χ4n) is 5.50. The predicted octanol–water partition coefficient (Wildman–Crippen LogP) is 8.76. The lowest BCUT2D eigenvalue weighted by Crippen LogP contribution is -2.07. The van der Waals surface area contributed by atoms with E-state index in [4.69, 9.17) is 4.74 Å². The third kappa shape index (κ3) is 4.33. The molecule has 1 aliphatic rings. The van der Waals surface area contributed by atoms with Gasteiger partial charge in [0.1, 0.15) is 12.4 Å². The third-order valence-corrected chi connectivity index (χ3v) is 7.08. The Hall–Kier alpha value is -3.52. The van der Waals surface area contributed by atoms with Gasteiger partial charge in [0.15, 0.2) is 0 Å². The van der Waals surface area contributed by atoms with Crippen LogP contribution in [0.25, 0.3) is 28.2 Å². The van der Waals surface area contributed by atoms with Crippen molar-refractivity contribution < 1.29 is 4.74 Å². The van der Waals surface area contributed by atoms with Crippen molar-refractivity contribution in [3.63, 3.8) is 0 Å². The lowest BCUT2D eigenvalue weighted by molar-refractivity contribution is 0.306. The minimum atomic E-state index is 0.556. The molecule has 5 rings (SSSR count). The van der Waals surface area contributed by atoms with Crippen LogP contribution in [0, 0.1) is 0 Å². The van der Waals surface area contributed by atoms with Crippen molar-refractivity contribution in [2.75, 3.05) is 0 Å². The minimum Gasteiger partial charge on any atom is -0.489 e. The van der Waals surface area contributed by atoms with Gasteiger partial charge in [0.25, 0.3) is 0 Å². The summed E-state index contributed by atoms with van der Waals surface area (Å²) in [7, 11) is 0. The zero-order valence-electron chi connectivity index (χ0n) is 19.9. The van der Waals surface area contributed by atoms with E-state index in [-0.39, 0.29) is 0 Å². The Morgan fingerprint density at radius 3 is 2.41 bits per heavy atom. The molecule has 0 spiro atoms. The Morgan fingerprint density at radius 2 is 1.65 bits per heavy atom. The van der Waals surface area contributed by atoms with Crippen molar-refractivity contribution in [1.82, 2.24) is 4.57 Å². The normalized spacial score (nSPS) is 14.2. The molecule has 1 aromatic heterocycles. The largest absolute Gasteiger partial charge is 0.489 e. The van der Waals surface area contributed by atoms with Gasteiger partial charge in [-0.15, -0.1) is 6.58 Å². The van der Waals surface area contributed by atoms with E-state index in [0.717, 1.165) is 23.4 Å². The van der Waals surface area contributed by atoms with Crippen molar-refractivity contribution in [1.29, 1.82) is 0 Å². The maximum absolute atomic E-state index is 6.14. The van der Waals surface area contributed by atoms with E-state index in [1.54, 1.807) is 0 Å². The van der Waals surface area contributed by atoms with Crippen LogP contribution in [0.4, 0.5) is 0 Å². The van der Waals surface area contributed by atoms with Crippen LogP contribution in [-0.2, 0) is 13.2 Å². The van der Waals surface area contributed by atoms with Crippen LogP contribution in [0.5, 0.6) is 5.75 Å². The van der Waals surface area contributed by atoms with Crippen LogP contribution in [0.3, 0.4) is 0 Å². The minimum absolute atomic E-state index is 0.556. The Kier molecular flexibility index (Phi) is 6.67. The number of rotatable bonds is 8. The van der Waals surface area contributed by atoms with Crippen LogP contribution in [-0.4, -0.2) is 4.57 Å². The molecule has 0 bridgehead atoms. The van der Waals surface area contributed by atoms with Gasteiger partial charge in [0.05, 0.1) is 5.69 Å². The van der Waals surface area contributed by atoms with Crippen molar-refractivity contribution in [3.8, 4) is 17.0 Å². The quantitative estimate of drug-likeness (QED) is 0.246. The fraction of sp³-hybridized carbons (Fsp3) is 0.250. The van der Waals surface area contributed by atoms with E-state index in [1.807, 2.05) is 30.4 Å². The van der Waals surface area contributed by atoms with Crippen LogP contribution < -0.4 is 4.74 Å². The number of hydrogen-bond donors (Lipinski definition) is 0. The molecule has 1 fully saturated rings. The predicted molar refractivity (Wildman–Crippen MR) is 144 cm³/mol. The molecule has 4 aromatic rings. The number of allylic oxidation sites excluding steroid dienone is 1. The van der Waals surface area contributed by atoms with Crippen molar-refractivity contribution in [2.45, 2.75) is 51.2 Å². The number of aromatic nitrogens is 1. The van der Waals surface area contributed by atoms with E-state index in [9.17, 15) is 0 Å². The van der Waals surface area contributed by atoms with Gasteiger partial charge in [0.2, 0.25) is 0 Å². The van der Waals surface area contributed by atoms with E-state index in [1.165, 1.54) is 59.8 Å². The number of benzene rings is 3. The second kappa shape index (κ2) is 10.2. The lowest BCUT2D eigenvalue weighted by atomic mass is 9.81. The first-order chi connectivity index (χ1) is 16.8. The summed E-state index contributed by atoms with van der Waals surface area (Å²) in [4.78, 5) is 0. The molecule has 0 amide bonds. The van der Waals surface area contributed by atoms with Gasteiger partial charge in [-0.3, -0.25) is 0 Å². The van der Waals surface area contributed by atoms with Crippen LogP contribution in [0.1, 0.15) is 54.7 Å². The number of fused-ring (bicyclic) bond motifs is 1. The van der Waals surface area contributed by atoms with Gasteiger partial charge in [-0.25, -0.2) is 0 Å². The molecule has 1 aliphatic carbocycles. The Balaban J connectivity index is 1.62. The average molecular weight is 448 g/mol. The van der Waals surface area contributed by atoms with Gasteiger partial charge in [-0.1, -0.05) is 86.5 Å². The van der Waals surface area contributed by atoms with Crippen molar-refractivity contribution >= 4 is 17.0 Å². The van der Waals surface area contributed by atoms with E-state index in [2.05, 4.69) is 72.3 Å². The van der Waals surface area contributed by atoms with Crippen LogP contribution >= 0.6 is 0 Å². The second-order valence-corrected chi connectivity index (χ2v) is 9.24. The molecule has 0 aliphatic heterocycles. The monoisotopic (exact) mass is 447 g/mol. The van der Waals surface area contributed by atoms with Crippen molar-refractivity contribution in [3.05, 3.63) is 109 Å². The highest BCUT2D eigenvalue weighted by Crippen LogP contribution is 2.45. The van der Waals surface area contributed by atoms with E-state index < -0.39 is 0 Å².